The molecule has 1 rings (SSSR count). The average molecular weight is 483 g/mol. The quantitative estimate of drug-likeness (QED) is 0.251. The lowest BCUT2D eigenvalue weighted by atomic mass is 10.2. The van der Waals surface area contributed by atoms with Crippen LogP contribution in [0.15, 0.2) is 4.99 Å². The molecule has 0 unspecified atom stereocenters. The number of thiazole rings is 1. The van der Waals surface area contributed by atoms with Crippen molar-refractivity contribution < 1.29 is 9.53 Å². The molecule has 3 N–H and O–H groups in total. The topological polar surface area (TPSA) is 87.6 Å². The van der Waals surface area contributed by atoms with Crippen LogP contribution in [0, 0.1) is 13.8 Å². The molecule has 1 heterocycles. The number of amides is 1. The standard InChI is InChI=1S/C16H29N5O2S.HI/c1-11-13(24-12(2)21-11)10-20-14(17-6)18-8-7-9-19-15(22)23-16(3,4)5;/h7-10H2,1-6H3,(H,19,22)(H2,17,18,20);1H. The van der Waals surface area contributed by atoms with Gasteiger partial charge in [-0.25, -0.2) is 9.78 Å². The molecule has 0 spiro atoms. The number of guanidine groups is 1. The molecular weight excluding hydrogens is 453 g/mol. The Labute approximate surface area is 171 Å². The number of ether oxygens (including phenoxy) is 1. The van der Waals surface area contributed by atoms with E-state index in [1.807, 2.05) is 34.6 Å². The van der Waals surface area contributed by atoms with E-state index in [-0.39, 0.29) is 30.1 Å². The number of nitrogens with zero attached hydrogens (tertiary/aromatic N) is 2. The zero-order valence-corrected chi connectivity index (χ0v) is 19.0. The number of carbonyl (C=O) groups excluding carboxylic acids is 1. The molecule has 0 aliphatic carbocycles. The molecule has 144 valence electrons. The molecule has 0 atom stereocenters. The van der Waals surface area contributed by atoms with E-state index < -0.39 is 5.60 Å². The summed E-state index contributed by atoms with van der Waals surface area (Å²) in [6, 6.07) is 0. The van der Waals surface area contributed by atoms with Crippen LogP contribution in [0.25, 0.3) is 0 Å². The molecule has 0 bridgehead atoms. The Kier molecular flexibility index (Phi) is 11.0. The Morgan fingerprint density at radius 3 is 2.36 bits per heavy atom. The number of aryl methyl sites for hydroxylation is 2. The first-order valence-corrected chi connectivity index (χ1v) is 8.87. The van der Waals surface area contributed by atoms with Crippen molar-refractivity contribution in [2.75, 3.05) is 20.1 Å². The van der Waals surface area contributed by atoms with E-state index >= 15 is 0 Å². The van der Waals surface area contributed by atoms with Crippen molar-refractivity contribution in [2.45, 2.75) is 53.2 Å². The Hall–Kier alpha value is -1.10. The summed E-state index contributed by atoms with van der Waals surface area (Å²) >= 11 is 1.69. The van der Waals surface area contributed by atoms with Gasteiger partial charge in [0.1, 0.15) is 5.60 Å². The molecule has 0 fully saturated rings. The first-order chi connectivity index (χ1) is 11.2. The molecule has 1 aromatic rings. The highest BCUT2D eigenvalue weighted by Crippen LogP contribution is 2.16. The fourth-order valence-electron chi connectivity index (χ4n) is 1.92. The molecule has 0 aliphatic heterocycles. The molecule has 0 aliphatic rings. The molecule has 1 aromatic heterocycles. The van der Waals surface area contributed by atoms with Crippen molar-refractivity contribution in [1.29, 1.82) is 0 Å². The number of nitrogens with one attached hydrogen (secondary N) is 3. The predicted octanol–water partition coefficient (Wildman–Crippen LogP) is 2.96. The highest BCUT2D eigenvalue weighted by Gasteiger charge is 2.15. The highest BCUT2D eigenvalue weighted by atomic mass is 127. The predicted molar refractivity (Wildman–Crippen MR) is 114 cm³/mol. The number of rotatable bonds is 6. The molecule has 0 saturated carbocycles. The van der Waals surface area contributed by atoms with Crippen LogP contribution < -0.4 is 16.0 Å². The number of aliphatic imine (C=N–C) groups is 1. The van der Waals surface area contributed by atoms with Gasteiger partial charge < -0.3 is 20.7 Å². The van der Waals surface area contributed by atoms with Crippen molar-refractivity contribution in [3.05, 3.63) is 15.6 Å². The van der Waals surface area contributed by atoms with Crippen molar-refractivity contribution in [2.24, 2.45) is 4.99 Å². The Bertz CT molecular complexity index is 569. The molecule has 7 nitrogen and oxygen atoms in total. The third-order valence-electron chi connectivity index (χ3n) is 2.95. The van der Waals surface area contributed by atoms with E-state index in [2.05, 4.69) is 25.9 Å². The van der Waals surface area contributed by atoms with Gasteiger partial charge >= 0.3 is 6.09 Å². The minimum atomic E-state index is -0.471. The summed E-state index contributed by atoms with van der Waals surface area (Å²) in [6.07, 6.45) is 0.389. The van der Waals surface area contributed by atoms with Crippen molar-refractivity contribution in [1.82, 2.24) is 20.9 Å². The Balaban J connectivity index is 0.00000576. The molecule has 0 radical (unpaired) electrons. The second-order valence-corrected chi connectivity index (χ2v) is 7.66. The van der Waals surface area contributed by atoms with Crippen LogP contribution in [-0.2, 0) is 11.3 Å². The number of alkyl carbamates (subject to hydrolysis) is 1. The summed E-state index contributed by atoms with van der Waals surface area (Å²) in [4.78, 5) is 21.3. The zero-order valence-electron chi connectivity index (χ0n) is 15.9. The van der Waals surface area contributed by atoms with Gasteiger partial charge in [0, 0.05) is 25.0 Å². The monoisotopic (exact) mass is 483 g/mol. The van der Waals surface area contributed by atoms with Crippen LogP contribution in [-0.4, -0.2) is 42.8 Å². The third-order valence-corrected chi connectivity index (χ3v) is 4.03. The maximum Gasteiger partial charge on any atom is 0.407 e. The number of halogens is 1. The average Bonchev–Trinajstić information content (AvgIpc) is 2.78. The Morgan fingerprint density at radius 2 is 1.84 bits per heavy atom. The number of aromatic nitrogens is 1. The van der Waals surface area contributed by atoms with E-state index in [4.69, 9.17) is 4.74 Å². The number of carbonyl (C=O) groups is 1. The summed E-state index contributed by atoms with van der Waals surface area (Å²) < 4.78 is 5.18. The minimum absolute atomic E-state index is 0. The number of hydrogen-bond acceptors (Lipinski definition) is 5. The van der Waals surface area contributed by atoms with E-state index in [0.29, 0.717) is 19.6 Å². The van der Waals surface area contributed by atoms with E-state index in [1.54, 1.807) is 18.4 Å². The van der Waals surface area contributed by atoms with Gasteiger partial charge in [-0.05, 0) is 41.0 Å². The summed E-state index contributed by atoms with van der Waals surface area (Å²) in [5.74, 6) is 0.734. The highest BCUT2D eigenvalue weighted by molar-refractivity contribution is 14.0. The van der Waals surface area contributed by atoms with Gasteiger partial charge in [0.15, 0.2) is 5.96 Å². The van der Waals surface area contributed by atoms with Crippen molar-refractivity contribution in [3.8, 4) is 0 Å². The lowest BCUT2D eigenvalue weighted by Gasteiger charge is -2.19. The van der Waals surface area contributed by atoms with Gasteiger partial charge in [-0.2, -0.15) is 0 Å². The smallest absolute Gasteiger partial charge is 0.407 e. The lowest BCUT2D eigenvalue weighted by Crippen LogP contribution is -2.39. The van der Waals surface area contributed by atoms with Crippen LogP contribution in [0.5, 0.6) is 0 Å². The van der Waals surface area contributed by atoms with Gasteiger partial charge in [-0.15, -0.1) is 35.3 Å². The molecule has 0 saturated heterocycles. The van der Waals surface area contributed by atoms with Crippen LogP contribution in [0.2, 0.25) is 0 Å². The number of hydrogen-bond donors (Lipinski definition) is 3. The second-order valence-electron chi connectivity index (χ2n) is 6.38. The van der Waals surface area contributed by atoms with Crippen molar-refractivity contribution >= 4 is 47.4 Å². The summed E-state index contributed by atoms with van der Waals surface area (Å²) in [5.41, 5.74) is 0.587. The summed E-state index contributed by atoms with van der Waals surface area (Å²) in [6.45, 7) is 11.5. The Morgan fingerprint density at radius 1 is 1.20 bits per heavy atom. The maximum absolute atomic E-state index is 11.5. The first-order valence-electron chi connectivity index (χ1n) is 8.05. The summed E-state index contributed by atoms with van der Waals surface area (Å²) in [5, 5.41) is 10.3. The molecule has 0 aromatic carbocycles. The zero-order chi connectivity index (χ0) is 18.2. The fraction of sp³-hybridized carbons (Fsp3) is 0.688. The van der Waals surface area contributed by atoms with Crippen LogP contribution >= 0.6 is 35.3 Å². The van der Waals surface area contributed by atoms with Gasteiger partial charge in [0.05, 0.1) is 17.2 Å². The minimum Gasteiger partial charge on any atom is -0.444 e. The first kappa shape index (κ1) is 23.9. The lowest BCUT2D eigenvalue weighted by molar-refractivity contribution is 0.0527. The van der Waals surface area contributed by atoms with Gasteiger partial charge in [-0.3, -0.25) is 4.99 Å². The van der Waals surface area contributed by atoms with E-state index in [9.17, 15) is 4.79 Å². The largest absolute Gasteiger partial charge is 0.444 e. The van der Waals surface area contributed by atoms with Gasteiger partial charge in [0.25, 0.3) is 0 Å². The van der Waals surface area contributed by atoms with Crippen LogP contribution in [0.1, 0.15) is 42.8 Å². The van der Waals surface area contributed by atoms with Crippen LogP contribution in [0.4, 0.5) is 4.79 Å². The molecule has 1 amide bonds. The molecule has 25 heavy (non-hydrogen) atoms. The third kappa shape index (κ3) is 10.5. The van der Waals surface area contributed by atoms with Crippen LogP contribution in [0.3, 0.4) is 0 Å². The van der Waals surface area contributed by atoms with Crippen molar-refractivity contribution in [3.63, 3.8) is 0 Å². The second kappa shape index (κ2) is 11.5. The fourth-order valence-corrected chi connectivity index (χ4v) is 2.80. The molecular formula is C16H30IN5O2S. The summed E-state index contributed by atoms with van der Waals surface area (Å²) in [7, 11) is 1.74. The van der Waals surface area contributed by atoms with E-state index in [0.717, 1.165) is 23.1 Å². The SMILES string of the molecule is CN=C(NCCCNC(=O)OC(C)(C)C)NCc1sc(C)nc1C.I. The van der Waals surface area contributed by atoms with Gasteiger partial charge in [0.2, 0.25) is 0 Å². The molecule has 9 heteroatoms. The van der Waals surface area contributed by atoms with E-state index in [1.165, 1.54) is 4.88 Å². The van der Waals surface area contributed by atoms with Gasteiger partial charge in [-0.1, -0.05) is 0 Å². The maximum atomic E-state index is 11.5. The normalized spacial score (nSPS) is 11.5.